The normalized spacial score (nSPS) is 17.1. The van der Waals surface area contributed by atoms with Crippen molar-refractivity contribution in [1.82, 2.24) is 10.2 Å². The van der Waals surface area contributed by atoms with E-state index in [0.29, 0.717) is 5.25 Å². The average Bonchev–Trinajstić information content (AvgIpc) is 3.09. The first kappa shape index (κ1) is 17.1. The number of hydrogen-bond acceptors (Lipinski definition) is 4. The molecule has 0 radical (unpaired) electrons. The largest absolute Gasteiger partial charge is 0.365 e. The van der Waals surface area contributed by atoms with E-state index < -0.39 is 0 Å². The van der Waals surface area contributed by atoms with Gasteiger partial charge in [0.1, 0.15) is 0 Å². The first-order valence-corrected chi connectivity index (χ1v) is 9.41. The molecule has 0 saturated carbocycles. The molecule has 1 aliphatic heterocycles. The molecule has 3 rings (SSSR count). The van der Waals surface area contributed by atoms with Gasteiger partial charge in [-0.25, -0.2) is 0 Å². The summed E-state index contributed by atoms with van der Waals surface area (Å²) in [5.41, 5.74) is 2.74. The van der Waals surface area contributed by atoms with E-state index in [0.717, 1.165) is 37.8 Å². The smallest absolute Gasteiger partial charge is 0.157 e. The molecule has 4 heteroatoms. The first-order chi connectivity index (χ1) is 11.8. The summed E-state index contributed by atoms with van der Waals surface area (Å²) in [6, 6.07) is 21.3. The van der Waals surface area contributed by atoms with Crippen molar-refractivity contribution >= 4 is 16.9 Å². The van der Waals surface area contributed by atoms with Crippen LogP contribution in [0.2, 0.25) is 0 Å². The first-order valence-electron chi connectivity index (χ1n) is 8.53. The summed E-state index contributed by atoms with van der Waals surface area (Å²) in [5.74, 6) is 0. The quantitative estimate of drug-likeness (QED) is 0.774. The van der Waals surface area contributed by atoms with Crippen LogP contribution in [-0.2, 0) is 6.54 Å². The Hall–Kier alpha value is -1.78. The van der Waals surface area contributed by atoms with Crippen LogP contribution in [0.25, 0.3) is 0 Å². The fourth-order valence-electron chi connectivity index (χ4n) is 2.83. The van der Waals surface area contributed by atoms with E-state index >= 15 is 0 Å². The van der Waals surface area contributed by atoms with E-state index in [-0.39, 0.29) is 0 Å². The number of thioether (sulfide) groups is 1. The van der Waals surface area contributed by atoms with E-state index in [4.69, 9.17) is 0 Å². The van der Waals surface area contributed by atoms with E-state index in [2.05, 4.69) is 82.9 Å². The number of nitrogens with one attached hydrogen (secondary N) is 1. The van der Waals surface area contributed by atoms with E-state index in [1.54, 1.807) is 0 Å². The Kier molecular flexibility index (Phi) is 6.33. The molecule has 1 N–H and O–H groups in total. The minimum absolute atomic E-state index is 0.467. The molecule has 0 amide bonds. The molecule has 1 aliphatic rings. The van der Waals surface area contributed by atoms with Gasteiger partial charge in [-0.3, -0.25) is 4.99 Å². The lowest BCUT2D eigenvalue weighted by Gasteiger charge is -2.17. The number of hydrogen-bond donors (Lipinski definition) is 1. The van der Waals surface area contributed by atoms with Crippen LogP contribution in [0.5, 0.6) is 0 Å². The van der Waals surface area contributed by atoms with E-state index in [1.165, 1.54) is 11.1 Å². The zero-order chi connectivity index (χ0) is 16.6. The fourth-order valence-corrected chi connectivity index (χ4v) is 3.88. The Morgan fingerprint density at radius 3 is 2.54 bits per heavy atom. The van der Waals surface area contributed by atoms with Crippen molar-refractivity contribution in [2.75, 3.05) is 26.7 Å². The molecule has 1 unspecified atom stereocenters. The van der Waals surface area contributed by atoms with Gasteiger partial charge in [-0.2, -0.15) is 0 Å². The molecule has 0 saturated heterocycles. The molecule has 3 nitrogen and oxygen atoms in total. The minimum Gasteiger partial charge on any atom is -0.365 e. The molecule has 0 aromatic heterocycles. The third-order valence-electron chi connectivity index (χ3n) is 4.11. The molecular weight excluding hydrogens is 314 g/mol. The summed E-state index contributed by atoms with van der Waals surface area (Å²) in [5, 5.41) is 5.05. The summed E-state index contributed by atoms with van der Waals surface area (Å²) < 4.78 is 0. The van der Waals surface area contributed by atoms with Gasteiger partial charge in [0.25, 0.3) is 0 Å². The average molecular weight is 340 g/mol. The predicted octanol–water partition coefficient (Wildman–Crippen LogP) is 3.94. The maximum Gasteiger partial charge on any atom is 0.157 e. The molecule has 1 atom stereocenters. The zero-order valence-corrected chi connectivity index (χ0v) is 15.0. The van der Waals surface area contributed by atoms with E-state index in [1.807, 2.05) is 11.8 Å². The SMILES string of the molecule is CN(CCCNC1=NCC(c2ccccc2)S1)Cc1ccccc1. The maximum atomic E-state index is 4.63. The van der Waals surface area contributed by atoms with Gasteiger partial charge in [-0.05, 0) is 31.1 Å². The van der Waals surface area contributed by atoms with Crippen molar-refractivity contribution in [3.8, 4) is 0 Å². The number of nitrogens with zero attached hydrogens (tertiary/aromatic N) is 2. The van der Waals surface area contributed by atoms with Gasteiger partial charge >= 0.3 is 0 Å². The van der Waals surface area contributed by atoms with Gasteiger partial charge in [-0.15, -0.1) is 0 Å². The molecular formula is C20H25N3S. The minimum atomic E-state index is 0.467. The highest BCUT2D eigenvalue weighted by atomic mass is 32.2. The zero-order valence-electron chi connectivity index (χ0n) is 14.2. The molecule has 2 aromatic rings. The molecule has 2 aromatic carbocycles. The second kappa shape index (κ2) is 8.90. The summed E-state index contributed by atoms with van der Waals surface area (Å²) in [4.78, 5) is 7.00. The lowest BCUT2D eigenvalue weighted by molar-refractivity contribution is 0.322. The van der Waals surface area contributed by atoms with Crippen molar-refractivity contribution in [2.45, 2.75) is 18.2 Å². The van der Waals surface area contributed by atoms with Crippen molar-refractivity contribution in [3.63, 3.8) is 0 Å². The van der Waals surface area contributed by atoms with Gasteiger partial charge in [0.2, 0.25) is 0 Å². The number of benzene rings is 2. The molecule has 0 aliphatic carbocycles. The van der Waals surface area contributed by atoms with Crippen LogP contribution < -0.4 is 5.32 Å². The van der Waals surface area contributed by atoms with Gasteiger partial charge in [-0.1, -0.05) is 72.4 Å². The van der Waals surface area contributed by atoms with Gasteiger partial charge in [0.05, 0.1) is 11.8 Å². The van der Waals surface area contributed by atoms with Crippen LogP contribution >= 0.6 is 11.8 Å². The lowest BCUT2D eigenvalue weighted by Crippen LogP contribution is -2.26. The standard InChI is InChI=1S/C20H25N3S/c1-23(16-17-9-4-2-5-10-17)14-8-13-21-20-22-15-19(24-20)18-11-6-3-7-12-18/h2-7,9-12,19H,8,13-16H2,1H3,(H,21,22). The summed E-state index contributed by atoms with van der Waals surface area (Å²) in [7, 11) is 2.18. The van der Waals surface area contributed by atoms with Crippen molar-refractivity contribution in [1.29, 1.82) is 0 Å². The highest BCUT2D eigenvalue weighted by Gasteiger charge is 2.20. The van der Waals surface area contributed by atoms with Crippen LogP contribution in [0.4, 0.5) is 0 Å². The third-order valence-corrected chi connectivity index (χ3v) is 5.32. The molecule has 126 valence electrons. The molecule has 0 spiro atoms. The second-order valence-corrected chi connectivity index (χ2v) is 7.36. The molecule has 1 heterocycles. The van der Waals surface area contributed by atoms with Crippen LogP contribution in [0, 0.1) is 0 Å². The number of amidine groups is 1. The maximum absolute atomic E-state index is 4.63. The summed E-state index contributed by atoms with van der Waals surface area (Å²) >= 11 is 1.85. The third kappa shape index (κ3) is 5.11. The number of aliphatic imine (C=N–C) groups is 1. The highest BCUT2D eigenvalue weighted by Crippen LogP contribution is 2.34. The lowest BCUT2D eigenvalue weighted by atomic mass is 10.1. The Bertz CT molecular complexity index is 642. The summed E-state index contributed by atoms with van der Waals surface area (Å²) in [6.45, 7) is 3.95. The van der Waals surface area contributed by atoms with Crippen LogP contribution in [-0.4, -0.2) is 36.7 Å². The second-order valence-electron chi connectivity index (χ2n) is 6.17. The Labute approximate surface area is 149 Å². The Balaban J connectivity index is 1.33. The molecule has 0 bridgehead atoms. The highest BCUT2D eigenvalue weighted by molar-refractivity contribution is 8.14. The van der Waals surface area contributed by atoms with Gasteiger partial charge in [0, 0.05) is 13.1 Å². The summed E-state index contributed by atoms with van der Waals surface area (Å²) in [6.07, 6.45) is 1.12. The van der Waals surface area contributed by atoms with Crippen LogP contribution in [0.1, 0.15) is 22.8 Å². The Morgan fingerprint density at radius 2 is 1.79 bits per heavy atom. The molecule has 24 heavy (non-hydrogen) atoms. The molecule has 0 fully saturated rings. The van der Waals surface area contributed by atoms with E-state index in [9.17, 15) is 0 Å². The van der Waals surface area contributed by atoms with Crippen molar-refractivity contribution in [2.24, 2.45) is 4.99 Å². The van der Waals surface area contributed by atoms with Gasteiger partial charge in [0.15, 0.2) is 5.17 Å². The van der Waals surface area contributed by atoms with Crippen LogP contribution in [0.3, 0.4) is 0 Å². The predicted molar refractivity (Wildman–Crippen MR) is 104 cm³/mol. The van der Waals surface area contributed by atoms with Crippen molar-refractivity contribution in [3.05, 3.63) is 71.8 Å². The Morgan fingerprint density at radius 1 is 1.08 bits per heavy atom. The monoisotopic (exact) mass is 339 g/mol. The fraction of sp³-hybridized carbons (Fsp3) is 0.350. The van der Waals surface area contributed by atoms with Crippen molar-refractivity contribution < 1.29 is 0 Å². The van der Waals surface area contributed by atoms with Crippen LogP contribution in [0.15, 0.2) is 65.7 Å². The topological polar surface area (TPSA) is 27.6 Å². The number of rotatable bonds is 7. The van der Waals surface area contributed by atoms with Gasteiger partial charge < -0.3 is 10.2 Å².